The Hall–Kier alpha value is -3.48. The molecule has 0 saturated heterocycles. The van der Waals surface area contributed by atoms with Crippen LogP contribution in [-0.4, -0.2) is 37.8 Å². The second-order valence-corrected chi connectivity index (χ2v) is 8.36. The third kappa shape index (κ3) is 5.66. The molecule has 3 rings (SSSR count). The van der Waals surface area contributed by atoms with Crippen molar-refractivity contribution in [2.45, 2.75) is 5.92 Å². The van der Waals surface area contributed by atoms with Gasteiger partial charge in [0.1, 0.15) is 11.7 Å². The van der Waals surface area contributed by atoms with Crippen molar-refractivity contribution in [2.75, 3.05) is 25.3 Å². The third-order valence-electron chi connectivity index (χ3n) is 4.91. The maximum atomic E-state index is 12.8. The molecule has 0 bridgehead atoms. The van der Waals surface area contributed by atoms with Crippen LogP contribution < -0.4 is 15.4 Å². The van der Waals surface area contributed by atoms with Crippen molar-refractivity contribution in [3.05, 3.63) is 69.7 Å². The van der Waals surface area contributed by atoms with Gasteiger partial charge in [-0.05, 0) is 35.9 Å². The predicted molar refractivity (Wildman–Crippen MR) is 125 cm³/mol. The van der Waals surface area contributed by atoms with Gasteiger partial charge in [-0.25, -0.2) is 0 Å². The fourth-order valence-corrected chi connectivity index (χ4v) is 4.43. The van der Waals surface area contributed by atoms with E-state index in [9.17, 15) is 19.6 Å². The molecule has 2 N–H and O–H groups in total. The Balaban J connectivity index is 1.89. The smallest absolute Gasteiger partial charge is 0.319 e. The SMILES string of the molecule is COC(=O)[C@@H]1C(=O)NC(SCC(=O)Nc2cccc(Cl)c2)=C(C#N)[C@@H]1c1ccc(OC)cc1. The van der Waals surface area contributed by atoms with Gasteiger partial charge in [0.15, 0.2) is 0 Å². The Morgan fingerprint density at radius 2 is 1.94 bits per heavy atom. The molecule has 0 saturated carbocycles. The molecule has 33 heavy (non-hydrogen) atoms. The topological polar surface area (TPSA) is 118 Å². The average Bonchev–Trinajstić information content (AvgIpc) is 2.81. The number of benzene rings is 2. The number of carbonyl (C=O) groups excluding carboxylic acids is 3. The zero-order chi connectivity index (χ0) is 24.0. The Morgan fingerprint density at radius 3 is 2.55 bits per heavy atom. The van der Waals surface area contributed by atoms with E-state index in [2.05, 4.69) is 16.7 Å². The number of hydrogen-bond acceptors (Lipinski definition) is 7. The van der Waals surface area contributed by atoms with Crippen molar-refractivity contribution in [3.63, 3.8) is 0 Å². The summed E-state index contributed by atoms with van der Waals surface area (Å²) in [4.78, 5) is 37.7. The van der Waals surface area contributed by atoms with E-state index >= 15 is 0 Å². The van der Waals surface area contributed by atoms with E-state index in [4.69, 9.17) is 21.1 Å². The minimum Gasteiger partial charge on any atom is -0.497 e. The van der Waals surface area contributed by atoms with Gasteiger partial charge in [0.05, 0.1) is 36.6 Å². The van der Waals surface area contributed by atoms with Crippen molar-refractivity contribution in [2.24, 2.45) is 5.92 Å². The summed E-state index contributed by atoms with van der Waals surface area (Å²) in [6.45, 7) is 0. The van der Waals surface area contributed by atoms with Gasteiger partial charge in [0.2, 0.25) is 11.8 Å². The Morgan fingerprint density at radius 1 is 1.21 bits per heavy atom. The Kier molecular flexibility index (Phi) is 7.98. The van der Waals surface area contributed by atoms with E-state index in [0.717, 1.165) is 11.8 Å². The highest BCUT2D eigenvalue weighted by molar-refractivity contribution is 8.03. The van der Waals surface area contributed by atoms with Crippen molar-refractivity contribution < 1.29 is 23.9 Å². The molecule has 2 atom stereocenters. The summed E-state index contributed by atoms with van der Waals surface area (Å²) in [5.41, 5.74) is 1.26. The lowest BCUT2D eigenvalue weighted by atomic mass is 9.78. The molecule has 1 heterocycles. The summed E-state index contributed by atoms with van der Waals surface area (Å²) < 4.78 is 9.98. The monoisotopic (exact) mass is 485 g/mol. The zero-order valence-electron chi connectivity index (χ0n) is 17.8. The highest BCUT2D eigenvalue weighted by Crippen LogP contribution is 2.40. The van der Waals surface area contributed by atoms with E-state index in [0.29, 0.717) is 22.0 Å². The first kappa shape index (κ1) is 24.2. The number of esters is 1. The first-order valence-corrected chi connectivity index (χ1v) is 11.1. The highest BCUT2D eigenvalue weighted by atomic mass is 35.5. The number of nitriles is 1. The van der Waals surface area contributed by atoms with Crippen LogP contribution in [0, 0.1) is 17.2 Å². The van der Waals surface area contributed by atoms with E-state index in [-0.39, 0.29) is 22.3 Å². The second kappa shape index (κ2) is 10.9. The van der Waals surface area contributed by atoms with Crippen molar-refractivity contribution in [3.8, 4) is 11.8 Å². The number of methoxy groups -OCH3 is 2. The fraction of sp³-hybridized carbons (Fsp3) is 0.217. The molecule has 0 spiro atoms. The van der Waals surface area contributed by atoms with Crippen LogP contribution in [0.1, 0.15) is 11.5 Å². The van der Waals surface area contributed by atoms with Crippen molar-refractivity contribution >= 4 is 46.8 Å². The van der Waals surface area contributed by atoms with E-state index in [1.165, 1.54) is 14.2 Å². The third-order valence-corrected chi connectivity index (χ3v) is 6.17. The zero-order valence-corrected chi connectivity index (χ0v) is 19.3. The molecule has 2 aromatic carbocycles. The summed E-state index contributed by atoms with van der Waals surface area (Å²) in [7, 11) is 2.70. The minimum atomic E-state index is -1.25. The van der Waals surface area contributed by atoms with Gasteiger partial charge in [0.25, 0.3) is 0 Å². The Bertz CT molecular complexity index is 1140. The predicted octanol–water partition coefficient (Wildman–Crippen LogP) is 3.46. The maximum absolute atomic E-state index is 12.8. The first-order chi connectivity index (χ1) is 15.9. The van der Waals surface area contributed by atoms with Gasteiger partial charge in [-0.15, -0.1) is 0 Å². The lowest BCUT2D eigenvalue weighted by Gasteiger charge is -2.31. The lowest BCUT2D eigenvalue weighted by molar-refractivity contribution is -0.150. The van der Waals surface area contributed by atoms with Crippen LogP contribution in [0.4, 0.5) is 5.69 Å². The van der Waals surface area contributed by atoms with E-state index < -0.39 is 23.7 Å². The van der Waals surface area contributed by atoms with Crippen LogP contribution >= 0.6 is 23.4 Å². The van der Waals surface area contributed by atoms with Crippen molar-refractivity contribution in [1.82, 2.24) is 5.32 Å². The molecule has 0 unspecified atom stereocenters. The van der Waals surface area contributed by atoms with Crippen LogP contribution in [0.5, 0.6) is 5.75 Å². The van der Waals surface area contributed by atoms with Gasteiger partial charge in [-0.3, -0.25) is 14.4 Å². The van der Waals surface area contributed by atoms with E-state index in [1.807, 2.05) is 0 Å². The quantitative estimate of drug-likeness (QED) is 0.455. The van der Waals surface area contributed by atoms with Gasteiger partial charge in [-0.1, -0.05) is 41.6 Å². The number of allylic oxidation sites excluding steroid dienone is 1. The molecule has 2 aromatic rings. The number of nitrogens with zero attached hydrogens (tertiary/aromatic N) is 1. The summed E-state index contributed by atoms with van der Waals surface area (Å²) in [6.07, 6.45) is 0. The summed E-state index contributed by atoms with van der Waals surface area (Å²) >= 11 is 6.93. The number of halogens is 1. The molecule has 1 aliphatic rings. The molecular weight excluding hydrogens is 466 g/mol. The van der Waals surface area contributed by atoms with Gasteiger partial charge >= 0.3 is 5.97 Å². The van der Waals surface area contributed by atoms with Crippen LogP contribution in [0.15, 0.2) is 59.1 Å². The number of ether oxygens (including phenoxy) is 2. The number of carbonyl (C=O) groups is 3. The minimum absolute atomic E-state index is 0.0778. The van der Waals surface area contributed by atoms with Crippen LogP contribution in [-0.2, 0) is 19.1 Å². The molecule has 0 radical (unpaired) electrons. The van der Waals surface area contributed by atoms with Crippen LogP contribution in [0.25, 0.3) is 0 Å². The average molecular weight is 486 g/mol. The normalized spacial score (nSPS) is 17.6. The van der Waals surface area contributed by atoms with Crippen LogP contribution in [0.3, 0.4) is 0 Å². The maximum Gasteiger partial charge on any atom is 0.319 e. The molecule has 0 aromatic heterocycles. The second-order valence-electron chi connectivity index (χ2n) is 6.94. The van der Waals surface area contributed by atoms with Gasteiger partial charge in [-0.2, -0.15) is 5.26 Å². The molecule has 2 amide bonds. The summed E-state index contributed by atoms with van der Waals surface area (Å²) in [5, 5.41) is 15.9. The van der Waals surface area contributed by atoms with Crippen molar-refractivity contribution in [1.29, 1.82) is 5.26 Å². The molecule has 170 valence electrons. The molecular formula is C23H20ClN3O5S. The lowest BCUT2D eigenvalue weighted by Crippen LogP contribution is -2.44. The van der Waals surface area contributed by atoms with Gasteiger partial charge < -0.3 is 20.1 Å². The number of nitrogens with one attached hydrogen (secondary N) is 2. The first-order valence-electron chi connectivity index (χ1n) is 9.73. The number of rotatable bonds is 7. The number of anilines is 1. The standard InChI is InChI=1S/C23H20ClN3O5S/c1-31-16-8-6-13(7-9-16)19-17(11-25)22(27-21(29)20(19)23(30)32-2)33-12-18(28)26-15-5-3-4-14(24)10-15/h3-10,19-20H,12H2,1-2H3,(H,26,28)(H,27,29)/t19-,20-/m0/s1. The molecule has 10 heteroatoms. The molecule has 1 aliphatic heterocycles. The molecule has 0 aliphatic carbocycles. The summed E-state index contributed by atoms with van der Waals surface area (Å²) in [6, 6.07) is 15.5. The van der Waals surface area contributed by atoms with Crippen LogP contribution in [0.2, 0.25) is 5.02 Å². The number of thioether (sulfide) groups is 1. The largest absolute Gasteiger partial charge is 0.497 e. The molecule has 8 nitrogen and oxygen atoms in total. The number of amides is 2. The highest BCUT2D eigenvalue weighted by Gasteiger charge is 2.44. The Labute approximate surface area is 199 Å². The van der Waals surface area contributed by atoms with Gasteiger partial charge in [0, 0.05) is 16.6 Å². The number of hydrogen-bond donors (Lipinski definition) is 2. The van der Waals surface area contributed by atoms with E-state index in [1.54, 1.807) is 48.5 Å². The molecule has 0 fully saturated rings. The summed E-state index contributed by atoms with van der Waals surface area (Å²) in [5.74, 6) is -3.33. The fourth-order valence-electron chi connectivity index (χ4n) is 3.39.